The smallest absolute Gasteiger partial charge is 0.295 e. The maximum atomic E-state index is 13.0. The number of carbonyl (C=O) groups excluding carboxylic acids is 1. The molecule has 0 saturated heterocycles. The van der Waals surface area contributed by atoms with Crippen molar-refractivity contribution in [3.05, 3.63) is 74.5 Å². The molecule has 0 saturated carbocycles. The van der Waals surface area contributed by atoms with Crippen molar-refractivity contribution in [1.29, 1.82) is 0 Å². The standard InChI is InChI=1S/C21H18ClN3O3S/c1-12-18(21(27)25(24(12)2)13-7-5-4-6-8-13)23-20(26)19-17(22)15-10-9-14(28-3)11-16(15)29-19/h4-11H,1-3H3,(H,23,26). The normalized spacial score (nSPS) is 11.0. The third-order valence-corrected chi connectivity index (χ3v) is 6.49. The SMILES string of the molecule is COc1ccc2c(Cl)c(C(=O)Nc3c(C)n(C)n(-c4ccccc4)c3=O)sc2c1. The second kappa shape index (κ2) is 7.42. The van der Waals surface area contributed by atoms with Gasteiger partial charge in [0.15, 0.2) is 0 Å². The lowest BCUT2D eigenvalue weighted by molar-refractivity contribution is 0.103. The summed E-state index contributed by atoms with van der Waals surface area (Å²) >= 11 is 7.71. The molecule has 148 valence electrons. The molecule has 2 heterocycles. The van der Waals surface area contributed by atoms with E-state index in [9.17, 15) is 9.59 Å². The second-order valence-electron chi connectivity index (χ2n) is 6.50. The summed E-state index contributed by atoms with van der Waals surface area (Å²) in [5.41, 5.74) is 1.29. The van der Waals surface area contributed by atoms with Crippen molar-refractivity contribution in [2.45, 2.75) is 6.92 Å². The van der Waals surface area contributed by atoms with Crippen LogP contribution in [-0.4, -0.2) is 22.4 Å². The Bertz CT molecular complexity index is 1290. The van der Waals surface area contributed by atoms with E-state index in [1.54, 1.807) is 31.8 Å². The van der Waals surface area contributed by atoms with Gasteiger partial charge in [-0.05, 0) is 37.3 Å². The maximum Gasteiger partial charge on any atom is 0.295 e. The fourth-order valence-electron chi connectivity index (χ4n) is 3.20. The minimum Gasteiger partial charge on any atom is -0.497 e. The van der Waals surface area contributed by atoms with Gasteiger partial charge in [0.1, 0.15) is 16.3 Å². The lowest BCUT2D eigenvalue weighted by Crippen LogP contribution is -2.22. The topological polar surface area (TPSA) is 65.3 Å². The van der Waals surface area contributed by atoms with Crippen LogP contribution in [0, 0.1) is 6.92 Å². The van der Waals surface area contributed by atoms with Crippen molar-refractivity contribution in [2.75, 3.05) is 12.4 Å². The molecule has 8 heteroatoms. The Kier molecular flexibility index (Phi) is 4.94. The number of thiophene rings is 1. The predicted molar refractivity (Wildman–Crippen MR) is 117 cm³/mol. The van der Waals surface area contributed by atoms with E-state index in [1.807, 2.05) is 42.5 Å². The molecule has 0 aliphatic carbocycles. The number of benzene rings is 2. The Morgan fingerprint density at radius 1 is 1.17 bits per heavy atom. The van der Waals surface area contributed by atoms with E-state index in [0.717, 1.165) is 15.8 Å². The van der Waals surface area contributed by atoms with Crippen molar-refractivity contribution < 1.29 is 9.53 Å². The highest BCUT2D eigenvalue weighted by atomic mass is 35.5. The van der Waals surface area contributed by atoms with Gasteiger partial charge in [0.25, 0.3) is 11.5 Å². The number of aromatic nitrogens is 2. The van der Waals surface area contributed by atoms with E-state index in [4.69, 9.17) is 16.3 Å². The number of hydrogen-bond donors (Lipinski definition) is 1. The molecule has 0 radical (unpaired) electrons. The molecule has 0 aliphatic rings. The van der Waals surface area contributed by atoms with Gasteiger partial charge in [-0.3, -0.25) is 14.3 Å². The number of rotatable bonds is 4. The summed E-state index contributed by atoms with van der Waals surface area (Å²) in [5.74, 6) is 0.271. The van der Waals surface area contributed by atoms with Gasteiger partial charge in [-0.1, -0.05) is 29.8 Å². The van der Waals surface area contributed by atoms with Gasteiger partial charge in [-0.25, -0.2) is 4.68 Å². The zero-order valence-corrected chi connectivity index (χ0v) is 17.6. The third-order valence-electron chi connectivity index (χ3n) is 4.84. The van der Waals surface area contributed by atoms with Crippen LogP contribution in [-0.2, 0) is 7.05 Å². The number of fused-ring (bicyclic) bond motifs is 1. The summed E-state index contributed by atoms with van der Waals surface area (Å²) in [6.45, 7) is 1.79. The van der Waals surface area contributed by atoms with Crippen molar-refractivity contribution >= 4 is 44.6 Å². The predicted octanol–water partition coefficient (Wildman–Crippen LogP) is 4.61. The number of ether oxygens (including phenoxy) is 1. The Morgan fingerprint density at radius 2 is 1.90 bits per heavy atom. The summed E-state index contributed by atoms with van der Waals surface area (Å²) < 4.78 is 9.30. The van der Waals surface area contributed by atoms with Gasteiger partial charge < -0.3 is 10.1 Å². The van der Waals surface area contributed by atoms with Crippen LogP contribution < -0.4 is 15.6 Å². The monoisotopic (exact) mass is 427 g/mol. The summed E-state index contributed by atoms with van der Waals surface area (Å²) in [4.78, 5) is 26.3. The van der Waals surface area contributed by atoms with Gasteiger partial charge in [-0.15, -0.1) is 11.3 Å². The molecule has 6 nitrogen and oxygen atoms in total. The number of amides is 1. The first kappa shape index (κ1) is 19.3. The molecule has 2 aromatic heterocycles. The van der Waals surface area contributed by atoms with E-state index < -0.39 is 5.91 Å². The van der Waals surface area contributed by atoms with Gasteiger partial charge in [0.05, 0.1) is 23.5 Å². The molecule has 0 atom stereocenters. The molecule has 2 aromatic carbocycles. The van der Waals surface area contributed by atoms with E-state index in [2.05, 4.69) is 5.32 Å². The fourth-order valence-corrected chi connectivity index (χ4v) is 4.64. The van der Waals surface area contributed by atoms with E-state index in [-0.39, 0.29) is 11.2 Å². The fraction of sp³-hybridized carbons (Fsp3) is 0.143. The molecule has 29 heavy (non-hydrogen) atoms. The quantitative estimate of drug-likeness (QED) is 0.517. The first-order valence-electron chi connectivity index (χ1n) is 8.83. The Labute approximate surface area is 175 Å². The molecule has 4 aromatic rings. The maximum absolute atomic E-state index is 13.0. The number of para-hydroxylation sites is 1. The molecule has 4 rings (SSSR count). The van der Waals surface area contributed by atoms with Gasteiger partial charge in [0, 0.05) is 17.1 Å². The van der Waals surface area contributed by atoms with Crippen LogP contribution in [0.3, 0.4) is 0 Å². The lowest BCUT2D eigenvalue weighted by Gasteiger charge is -2.07. The molecule has 0 fully saturated rings. The van der Waals surface area contributed by atoms with Crippen LogP contribution in [0.15, 0.2) is 53.3 Å². The van der Waals surface area contributed by atoms with E-state index >= 15 is 0 Å². The number of nitrogens with one attached hydrogen (secondary N) is 1. The first-order valence-corrected chi connectivity index (χ1v) is 10.0. The minimum atomic E-state index is -0.416. The van der Waals surface area contributed by atoms with Gasteiger partial charge in [-0.2, -0.15) is 0 Å². The molecule has 0 bridgehead atoms. The number of nitrogens with zero attached hydrogens (tertiary/aromatic N) is 2. The number of halogens is 1. The summed E-state index contributed by atoms with van der Waals surface area (Å²) in [5, 5.41) is 3.89. The second-order valence-corrected chi connectivity index (χ2v) is 7.93. The molecule has 0 spiro atoms. The highest BCUT2D eigenvalue weighted by molar-refractivity contribution is 7.21. The Balaban J connectivity index is 1.74. The van der Waals surface area contributed by atoms with Crippen LogP contribution >= 0.6 is 22.9 Å². The molecular formula is C21H18ClN3O3S. The van der Waals surface area contributed by atoms with Gasteiger partial charge >= 0.3 is 0 Å². The van der Waals surface area contributed by atoms with Crippen LogP contribution in [0.1, 0.15) is 15.4 Å². The summed E-state index contributed by atoms with van der Waals surface area (Å²) in [6, 6.07) is 14.7. The highest BCUT2D eigenvalue weighted by Crippen LogP contribution is 2.37. The number of hydrogen-bond acceptors (Lipinski definition) is 4. The number of methoxy groups -OCH3 is 1. The van der Waals surface area contributed by atoms with Crippen molar-refractivity contribution in [3.8, 4) is 11.4 Å². The van der Waals surface area contributed by atoms with Crippen LogP contribution in [0.5, 0.6) is 5.75 Å². The van der Waals surface area contributed by atoms with Crippen LogP contribution in [0.2, 0.25) is 5.02 Å². The van der Waals surface area contributed by atoms with Crippen LogP contribution in [0.25, 0.3) is 15.8 Å². The first-order chi connectivity index (χ1) is 13.9. The van der Waals surface area contributed by atoms with Crippen molar-refractivity contribution in [2.24, 2.45) is 7.05 Å². The zero-order valence-electron chi connectivity index (χ0n) is 16.0. The highest BCUT2D eigenvalue weighted by Gasteiger charge is 2.22. The van der Waals surface area contributed by atoms with Crippen LogP contribution in [0.4, 0.5) is 5.69 Å². The largest absolute Gasteiger partial charge is 0.497 e. The molecule has 0 unspecified atom stereocenters. The molecular weight excluding hydrogens is 410 g/mol. The number of anilines is 1. The molecule has 0 aliphatic heterocycles. The zero-order chi connectivity index (χ0) is 20.7. The average Bonchev–Trinajstić information content (AvgIpc) is 3.17. The Morgan fingerprint density at radius 3 is 2.59 bits per heavy atom. The number of carbonyl (C=O) groups is 1. The lowest BCUT2D eigenvalue weighted by atomic mass is 10.2. The van der Waals surface area contributed by atoms with E-state index in [1.165, 1.54) is 16.0 Å². The summed E-state index contributed by atoms with van der Waals surface area (Å²) in [6.07, 6.45) is 0. The Hall–Kier alpha value is -3.03. The van der Waals surface area contributed by atoms with Crippen molar-refractivity contribution in [3.63, 3.8) is 0 Å². The average molecular weight is 428 g/mol. The van der Waals surface area contributed by atoms with Gasteiger partial charge in [0.2, 0.25) is 0 Å². The van der Waals surface area contributed by atoms with E-state index in [0.29, 0.717) is 21.3 Å². The molecule has 1 amide bonds. The minimum absolute atomic E-state index is 0.229. The third kappa shape index (κ3) is 3.22. The van der Waals surface area contributed by atoms with Crippen molar-refractivity contribution in [1.82, 2.24) is 9.36 Å². The molecule has 1 N–H and O–H groups in total. The summed E-state index contributed by atoms with van der Waals surface area (Å²) in [7, 11) is 3.36.